The number of esters is 2. The Morgan fingerprint density at radius 1 is 1.15 bits per heavy atom. The average Bonchev–Trinajstić information content (AvgIpc) is 2.44. The van der Waals surface area contributed by atoms with Crippen molar-refractivity contribution in [3.8, 4) is 0 Å². The van der Waals surface area contributed by atoms with Gasteiger partial charge in [-0.3, -0.25) is 9.59 Å². The number of aliphatic carboxylic acids is 1. The first-order chi connectivity index (χ1) is 9.52. The molecule has 1 atom stereocenters. The third kappa shape index (κ3) is 5.51. The van der Waals surface area contributed by atoms with Gasteiger partial charge in [-0.15, -0.1) is 0 Å². The molecule has 6 heteroatoms. The standard InChI is InChI=1S/C14H16O6/c1-19-14(18)11(9-10-5-3-2-4-6-10)20-13(17)8-7-12(15)16/h2-6,11H,7-9H2,1H3,(H,15,16)/t11-/m1/s1. The van der Waals surface area contributed by atoms with Gasteiger partial charge in [0.1, 0.15) is 0 Å². The predicted molar refractivity (Wildman–Crippen MR) is 68.9 cm³/mol. The Morgan fingerprint density at radius 3 is 2.35 bits per heavy atom. The summed E-state index contributed by atoms with van der Waals surface area (Å²) in [7, 11) is 1.20. The van der Waals surface area contributed by atoms with E-state index in [1.165, 1.54) is 7.11 Å². The summed E-state index contributed by atoms with van der Waals surface area (Å²) in [5.74, 6) is -2.50. The van der Waals surface area contributed by atoms with Gasteiger partial charge in [0.05, 0.1) is 20.0 Å². The maximum atomic E-state index is 11.6. The lowest BCUT2D eigenvalue weighted by atomic mass is 10.1. The number of carbonyl (C=O) groups is 3. The van der Waals surface area contributed by atoms with Crippen LogP contribution in [0.5, 0.6) is 0 Å². The highest BCUT2D eigenvalue weighted by Gasteiger charge is 2.24. The summed E-state index contributed by atoms with van der Waals surface area (Å²) in [6.07, 6.45) is -1.49. The van der Waals surface area contributed by atoms with Crippen LogP contribution < -0.4 is 0 Å². The lowest BCUT2D eigenvalue weighted by molar-refractivity contribution is -0.166. The van der Waals surface area contributed by atoms with E-state index in [1.54, 1.807) is 24.3 Å². The summed E-state index contributed by atoms with van der Waals surface area (Å²) >= 11 is 0. The first kappa shape index (κ1) is 15.7. The van der Waals surface area contributed by atoms with Gasteiger partial charge in [-0.1, -0.05) is 30.3 Å². The van der Waals surface area contributed by atoms with E-state index in [2.05, 4.69) is 4.74 Å². The van der Waals surface area contributed by atoms with Gasteiger partial charge in [0, 0.05) is 6.42 Å². The van der Waals surface area contributed by atoms with Crippen LogP contribution >= 0.6 is 0 Å². The molecular weight excluding hydrogens is 264 g/mol. The molecule has 0 saturated heterocycles. The second kappa shape index (κ2) is 7.93. The highest BCUT2D eigenvalue weighted by Crippen LogP contribution is 2.09. The largest absolute Gasteiger partial charge is 0.481 e. The molecule has 108 valence electrons. The van der Waals surface area contributed by atoms with Crippen LogP contribution in [0.1, 0.15) is 18.4 Å². The fourth-order valence-electron chi connectivity index (χ4n) is 1.56. The summed E-state index contributed by atoms with van der Waals surface area (Å²) in [5, 5.41) is 8.49. The van der Waals surface area contributed by atoms with E-state index in [1.807, 2.05) is 6.07 Å². The maximum absolute atomic E-state index is 11.6. The topological polar surface area (TPSA) is 89.9 Å². The number of hydrogen-bond donors (Lipinski definition) is 1. The van der Waals surface area contributed by atoms with Gasteiger partial charge in [0.25, 0.3) is 0 Å². The zero-order valence-electron chi connectivity index (χ0n) is 11.1. The van der Waals surface area contributed by atoms with Crippen molar-refractivity contribution in [1.82, 2.24) is 0 Å². The number of carboxylic acids is 1. The van der Waals surface area contributed by atoms with Crippen molar-refractivity contribution in [3.05, 3.63) is 35.9 Å². The van der Waals surface area contributed by atoms with Crippen LogP contribution in [0.3, 0.4) is 0 Å². The third-order valence-corrected chi connectivity index (χ3v) is 2.54. The van der Waals surface area contributed by atoms with Gasteiger partial charge >= 0.3 is 17.9 Å². The molecule has 0 aliphatic rings. The van der Waals surface area contributed by atoms with Gasteiger partial charge < -0.3 is 14.6 Å². The van der Waals surface area contributed by atoms with Crippen molar-refractivity contribution < 1.29 is 29.0 Å². The Labute approximate surface area is 116 Å². The van der Waals surface area contributed by atoms with E-state index < -0.39 is 24.0 Å². The number of hydrogen-bond acceptors (Lipinski definition) is 5. The molecule has 1 N–H and O–H groups in total. The number of benzene rings is 1. The number of methoxy groups -OCH3 is 1. The van der Waals surface area contributed by atoms with Gasteiger partial charge in [0.2, 0.25) is 6.10 Å². The number of carboxylic acid groups (broad SMARTS) is 1. The zero-order valence-corrected chi connectivity index (χ0v) is 11.1. The van der Waals surface area contributed by atoms with Gasteiger partial charge in [0.15, 0.2) is 0 Å². The van der Waals surface area contributed by atoms with E-state index in [4.69, 9.17) is 9.84 Å². The molecule has 1 rings (SSSR count). The highest BCUT2D eigenvalue weighted by molar-refractivity contribution is 5.81. The fourth-order valence-corrected chi connectivity index (χ4v) is 1.56. The normalized spacial score (nSPS) is 11.4. The first-order valence-electron chi connectivity index (χ1n) is 6.06. The summed E-state index contributed by atoms with van der Waals surface area (Å²) in [6, 6.07) is 9.02. The smallest absolute Gasteiger partial charge is 0.347 e. The fraction of sp³-hybridized carbons (Fsp3) is 0.357. The van der Waals surface area contributed by atoms with Gasteiger partial charge in [-0.05, 0) is 5.56 Å². The lowest BCUT2D eigenvalue weighted by Crippen LogP contribution is -2.30. The van der Waals surface area contributed by atoms with Crippen LogP contribution in [0.25, 0.3) is 0 Å². The third-order valence-electron chi connectivity index (χ3n) is 2.54. The Balaban J connectivity index is 2.63. The molecule has 0 radical (unpaired) electrons. The first-order valence-corrected chi connectivity index (χ1v) is 6.06. The second-order valence-corrected chi connectivity index (χ2v) is 4.09. The predicted octanol–water partition coefficient (Wildman–Crippen LogP) is 1.18. The molecular formula is C14H16O6. The maximum Gasteiger partial charge on any atom is 0.347 e. The molecule has 0 unspecified atom stereocenters. The van der Waals surface area contributed by atoms with Gasteiger partial charge in [-0.25, -0.2) is 4.79 Å². The summed E-state index contributed by atoms with van der Waals surface area (Å²) in [6.45, 7) is 0. The molecule has 1 aromatic carbocycles. The Hall–Kier alpha value is -2.37. The molecule has 20 heavy (non-hydrogen) atoms. The van der Waals surface area contributed by atoms with E-state index in [0.29, 0.717) is 0 Å². The van der Waals surface area contributed by atoms with Crippen LogP contribution in [0.15, 0.2) is 30.3 Å². The molecule has 0 heterocycles. The van der Waals surface area contributed by atoms with E-state index in [9.17, 15) is 14.4 Å². The average molecular weight is 280 g/mol. The van der Waals surface area contributed by atoms with Crippen LogP contribution in [-0.2, 0) is 30.3 Å². The molecule has 0 aliphatic carbocycles. The molecule has 0 aliphatic heterocycles. The van der Waals surface area contributed by atoms with Crippen LogP contribution in [0.2, 0.25) is 0 Å². The quantitative estimate of drug-likeness (QED) is 0.754. The Kier molecular flexibility index (Phi) is 6.22. The monoisotopic (exact) mass is 280 g/mol. The summed E-state index contributed by atoms with van der Waals surface area (Å²) < 4.78 is 9.56. The van der Waals surface area contributed by atoms with Crippen molar-refractivity contribution >= 4 is 17.9 Å². The van der Waals surface area contributed by atoms with Crippen LogP contribution in [0, 0.1) is 0 Å². The van der Waals surface area contributed by atoms with Crippen molar-refractivity contribution in [3.63, 3.8) is 0 Å². The molecule has 0 fully saturated rings. The van der Waals surface area contributed by atoms with Crippen molar-refractivity contribution in [2.24, 2.45) is 0 Å². The SMILES string of the molecule is COC(=O)[C@@H](Cc1ccccc1)OC(=O)CCC(=O)O. The molecule has 1 aromatic rings. The molecule has 6 nitrogen and oxygen atoms in total. The Bertz CT molecular complexity index is 468. The van der Waals surface area contributed by atoms with E-state index >= 15 is 0 Å². The summed E-state index contributed by atoms with van der Waals surface area (Å²) in [4.78, 5) is 33.4. The van der Waals surface area contributed by atoms with Crippen molar-refractivity contribution in [1.29, 1.82) is 0 Å². The minimum atomic E-state index is -1.10. The van der Waals surface area contributed by atoms with Crippen molar-refractivity contribution in [2.75, 3.05) is 7.11 Å². The molecule has 0 spiro atoms. The minimum Gasteiger partial charge on any atom is -0.481 e. The van der Waals surface area contributed by atoms with Crippen LogP contribution in [0.4, 0.5) is 0 Å². The second-order valence-electron chi connectivity index (χ2n) is 4.09. The zero-order chi connectivity index (χ0) is 15.0. The minimum absolute atomic E-state index is 0.187. The van der Waals surface area contributed by atoms with Crippen molar-refractivity contribution in [2.45, 2.75) is 25.4 Å². The lowest BCUT2D eigenvalue weighted by Gasteiger charge is -2.15. The molecule has 0 amide bonds. The number of carbonyl (C=O) groups excluding carboxylic acids is 2. The Morgan fingerprint density at radius 2 is 1.80 bits per heavy atom. The molecule has 0 saturated carbocycles. The highest BCUT2D eigenvalue weighted by atomic mass is 16.6. The van der Waals surface area contributed by atoms with E-state index in [-0.39, 0.29) is 19.3 Å². The number of rotatable bonds is 7. The molecule has 0 aromatic heterocycles. The molecule has 0 bridgehead atoms. The van der Waals surface area contributed by atoms with Gasteiger partial charge in [-0.2, -0.15) is 0 Å². The van der Waals surface area contributed by atoms with Crippen LogP contribution in [-0.4, -0.2) is 36.2 Å². The summed E-state index contributed by atoms with van der Waals surface area (Å²) in [5.41, 5.74) is 0.814. The van der Waals surface area contributed by atoms with E-state index in [0.717, 1.165) is 5.56 Å². The number of ether oxygens (including phenoxy) is 2.